The molecule has 1 unspecified atom stereocenters. The second kappa shape index (κ2) is 6.58. The Kier molecular flexibility index (Phi) is 4.81. The average molecular weight is 294 g/mol. The van der Waals surface area contributed by atoms with Crippen LogP contribution in [0.5, 0.6) is 0 Å². The quantitative estimate of drug-likeness (QED) is 0.860. The normalized spacial score (nSPS) is 12.3. The Hall–Kier alpha value is -1.79. The van der Waals surface area contributed by atoms with Gasteiger partial charge in [0.2, 0.25) is 0 Å². The Balaban J connectivity index is 2.11. The maximum absolute atomic E-state index is 13.3. The van der Waals surface area contributed by atoms with Crippen LogP contribution in [0, 0.1) is 12.7 Å². The van der Waals surface area contributed by atoms with Crippen molar-refractivity contribution in [3.8, 4) is 0 Å². The number of nitrogens with zero attached hydrogens (tertiary/aromatic N) is 1. The van der Waals surface area contributed by atoms with Crippen molar-refractivity contribution in [1.29, 1.82) is 0 Å². The highest BCUT2D eigenvalue weighted by Gasteiger charge is 2.16. The highest BCUT2D eigenvalue weighted by molar-refractivity contribution is 7.09. The predicted molar refractivity (Wildman–Crippen MR) is 75.1 cm³/mol. The third-order valence-corrected chi connectivity index (χ3v) is 3.92. The number of aryl methyl sites for hydroxylation is 1. The van der Waals surface area contributed by atoms with Crippen molar-refractivity contribution in [2.24, 2.45) is 0 Å². The van der Waals surface area contributed by atoms with Crippen molar-refractivity contribution >= 4 is 17.3 Å². The molecule has 0 saturated heterocycles. The first-order valence-electron chi connectivity index (χ1n) is 6.16. The van der Waals surface area contributed by atoms with Crippen molar-refractivity contribution in [3.05, 3.63) is 51.7 Å². The monoisotopic (exact) mass is 294 g/mol. The van der Waals surface area contributed by atoms with Gasteiger partial charge in [-0.25, -0.2) is 9.37 Å². The molecule has 0 aliphatic rings. The molecule has 2 N–H and O–H groups in total. The maximum Gasteiger partial charge on any atom is 0.305 e. The van der Waals surface area contributed by atoms with Gasteiger partial charge in [-0.3, -0.25) is 4.79 Å². The van der Waals surface area contributed by atoms with Crippen LogP contribution in [0.1, 0.15) is 28.6 Å². The number of aromatic nitrogens is 1. The number of benzene rings is 1. The molecule has 2 rings (SSSR count). The molecule has 0 spiro atoms. The summed E-state index contributed by atoms with van der Waals surface area (Å²) in [7, 11) is 0. The Labute approximate surface area is 120 Å². The van der Waals surface area contributed by atoms with Gasteiger partial charge in [0.15, 0.2) is 0 Å². The standard InChI is InChI=1S/C14H15FN2O2S/c1-9-13(20-8-17-9)7-16-12(6-14(18)19)10-3-2-4-11(15)5-10/h2-5,8,12,16H,6-7H2,1H3,(H,18,19). The molecule has 0 fully saturated rings. The van der Waals surface area contributed by atoms with Gasteiger partial charge in [0, 0.05) is 17.5 Å². The molecule has 4 nitrogen and oxygen atoms in total. The Morgan fingerprint density at radius 2 is 2.35 bits per heavy atom. The van der Waals surface area contributed by atoms with Gasteiger partial charge in [-0.15, -0.1) is 11.3 Å². The first-order chi connectivity index (χ1) is 9.56. The number of hydrogen-bond acceptors (Lipinski definition) is 4. The largest absolute Gasteiger partial charge is 0.481 e. The van der Waals surface area contributed by atoms with Gasteiger partial charge in [-0.2, -0.15) is 0 Å². The first-order valence-corrected chi connectivity index (χ1v) is 7.04. The second-order valence-corrected chi connectivity index (χ2v) is 5.39. The van der Waals surface area contributed by atoms with E-state index >= 15 is 0 Å². The number of nitrogens with one attached hydrogen (secondary N) is 1. The summed E-state index contributed by atoms with van der Waals surface area (Å²) in [5.74, 6) is -1.29. The highest BCUT2D eigenvalue weighted by atomic mass is 32.1. The summed E-state index contributed by atoms with van der Waals surface area (Å²) in [5, 5.41) is 12.1. The van der Waals surface area contributed by atoms with Crippen LogP contribution in [0.3, 0.4) is 0 Å². The van der Waals surface area contributed by atoms with Gasteiger partial charge in [-0.05, 0) is 24.6 Å². The van der Waals surface area contributed by atoms with Crippen molar-refractivity contribution in [1.82, 2.24) is 10.3 Å². The average Bonchev–Trinajstić information content (AvgIpc) is 2.80. The topological polar surface area (TPSA) is 62.2 Å². The fourth-order valence-corrected chi connectivity index (χ4v) is 2.65. The Morgan fingerprint density at radius 3 is 2.95 bits per heavy atom. The van der Waals surface area contributed by atoms with Crippen molar-refractivity contribution in [2.75, 3.05) is 0 Å². The summed E-state index contributed by atoms with van der Waals surface area (Å²) in [4.78, 5) is 16.1. The molecule has 1 aromatic carbocycles. The van der Waals surface area contributed by atoms with E-state index in [-0.39, 0.29) is 12.2 Å². The third-order valence-electron chi connectivity index (χ3n) is 2.98. The number of aliphatic carboxylic acids is 1. The van der Waals surface area contributed by atoms with E-state index in [0.29, 0.717) is 12.1 Å². The molecule has 0 aliphatic heterocycles. The van der Waals surface area contributed by atoms with E-state index in [4.69, 9.17) is 5.11 Å². The molecular formula is C14H15FN2O2S. The van der Waals surface area contributed by atoms with Crippen molar-refractivity contribution in [3.63, 3.8) is 0 Å². The molecule has 0 radical (unpaired) electrons. The predicted octanol–water partition coefficient (Wildman–Crippen LogP) is 2.90. The molecule has 1 atom stereocenters. The van der Waals surface area contributed by atoms with Gasteiger partial charge in [-0.1, -0.05) is 12.1 Å². The van der Waals surface area contributed by atoms with E-state index < -0.39 is 12.0 Å². The van der Waals surface area contributed by atoms with E-state index in [1.165, 1.54) is 23.5 Å². The minimum atomic E-state index is -0.923. The van der Waals surface area contributed by atoms with E-state index in [2.05, 4.69) is 10.3 Å². The molecule has 20 heavy (non-hydrogen) atoms. The molecule has 6 heteroatoms. The number of hydrogen-bond donors (Lipinski definition) is 2. The number of carbonyl (C=O) groups is 1. The zero-order valence-electron chi connectivity index (χ0n) is 11.0. The van der Waals surface area contributed by atoms with E-state index in [1.54, 1.807) is 17.6 Å². The van der Waals surface area contributed by atoms with Crippen LogP contribution in [0.2, 0.25) is 0 Å². The van der Waals surface area contributed by atoms with Crippen LogP contribution < -0.4 is 5.32 Å². The first kappa shape index (κ1) is 14.6. The van der Waals surface area contributed by atoms with Crippen LogP contribution in [0.25, 0.3) is 0 Å². The summed E-state index contributed by atoms with van der Waals surface area (Å²) in [6, 6.07) is 5.58. The number of halogens is 1. The summed E-state index contributed by atoms with van der Waals surface area (Å²) >= 11 is 1.51. The molecule has 0 saturated carbocycles. The number of thiazole rings is 1. The lowest BCUT2D eigenvalue weighted by molar-refractivity contribution is -0.137. The smallest absolute Gasteiger partial charge is 0.305 e. The Morgan fingerprint density at radius 1 is 1.55 bits per heavy atom. The number of carboxylic acids is 1. The molecule has 0 aliphatic carbocycles. The van der Waals surface area contributed by atoms with Gasteiger partial charge in [0.05, 0.1) is 17.6 Å². The zero-order chi connectivity index (χ0) is 14.5. The van der Waals surface area contributed by atoms with E-state index in [1.807, 2.05) is 6.92 Å². The molecule has 0 amide bonds. The summed E-state index contributed by atoms with van der Waals surface area (Å²) < 4.78 is 13.3. The molecule has 1 heterocycles. The highest BCUT2D eigenvalue weighted by Crippen LogP contribution is 2.20. The summed E-state index contributed by atoms with van der Waals surface area (Å²) in [5.41, 5.74) is 3.31. The van der Waals surface area contributed by atoms with Gasteiger partial charge >= 0.3 is 5.97 Å². The fraction of sp³-hybridized carbons (Fsp3) is 0.286. The number of carboxylic acid groups (broad SMARTS) is 1. The SMILES string of the molecule is Cc1ncsc1CNC(CC(=O)O)c1cccc(F)c1. The second-order valence-electron chi connectivity index (χ2n) is 4.45. The fourth-order valence-electron chi connectivity index (χ4n) is 1.92. The minimum Gasteiger partial charge on any atom is -0.481 e. The van der Waals surface area contributed by atoms with Crippen LogP contribution in [-0.4, -0.2) is 16.1 Å². The summed E-state index contributed by atoms with van der Waals surface area (Å²) in [6.45, 7) is 2.42. The Bertz CT molecular complexity index is 600. The summed E-state index contributed by atoms with van der Waals surface area (Å²) in [6.07, 6.45) is -0.0959. The molecule has 1 aromatic heterocycles. The minimum absolute atomic E-state index is 0.0959. The molecular weight excluding hydrogens is 279 g/mol. The molecule has 0 bridgehead atoms. The number of rotatable bonds is 6. The van der Waals surface area contributed by atoms with Crippen molar-refractivity contribution < 1.29 is 14.3 Å². The van der Waals surface area contributed by atoms with Crippen molar-refractivity contribution in [2.45, 2.75) is 25.9 Å². The molecule has 2 aromatic rings. The lowest BCUT2D eigenvalue weighted by atomic mass is 10.0. The van der Waals surface area contributed by atoms with Crippen LogP contribution in [-0.2, 0) is 11.3 Å². The van der Waals surface area contributed by atoms with Crippen LogP contribution in [0.4, 0.5) is 4.39 Å². The maximum atomic E-state index is 13.3. The van der Waals surface area contributed by atoms with E-state index in [0.717, 1.165) is 10.6 Å². The zero-order valence-corrected chi connectivity index (χ0v) is 11.8. The molecule has 106 valence electrons. The van der Waals surface area contributed by atoms with Gasteiger partial charge < -0.3 is 10.4 Å². The lowest BCUT2D eigenvalue weighted by Gasteiger charge is -2.17. The van der Waals surface area contributed by atoms with Crippen LogP contribution >= 0.6 is 11.3 Å². The lowest BCUT2D eigenvalue weighted by Crippen LogP contribution is -2.23. The van der Waals surface area contributed by atoms with E-state index in [9.17, 15) is 9.18 Å². The van der Waals surface area contributed by atoms with Gasteiger partial charge in [0.1, 0.15) is 5.82 Å². The van der Waals surface area contributed by atoms with Gasteiger partial charge in [0.25, 0.3) is 0 Å². The third kappa shape index (κ3) is 3.85. The van der Waals surface area contributed by atoms with Crippen LogP contribution in [0.15, 0.2) is 29.8 Å².